The lowest BCUT2D eigenvalue weighted by Gasteiger charge is -2.45. The Labute approximate surface area is 234 Å². The van der Waals surface area contributed by atoms with Crippen LogP contribution in [-0.4, -0.2) is 36.7 Å². The fourth-order valence-electron chi connectivity index (χ4n) is 7.03. The summed E-state index contributed by atoms with van der Waals surface area (Å²) in [7, 11) is 1.70. The van der Waals surface area contributed by atoms with Gasteiger partial charge in [-0.3, -0.25) is 10.2 Å². The van der Waals surface area contributed by atoms with Gasteiger partial charge in [0, 0.05) is 53.1 Å². The Morgan fingerprint density at radius 3 is 2.26 bits per heavy atom. The zero-order chi connectivity index (χ0) is 26.8. The van der Waals surface area contributed by atoms with Crippen LogP contribution in [0.15, 0.2) is 102 Å². The number of likely N-dealkylation sites (tertiary alicyclic amines) is 1. The first-order valence-corrected chi connectivity index (χ1v) is 14.6. The molecule has 0 bridgehead atoms. The molecule has 1 saturated carbocycles. The number of carbonyl (C=O) groups excluding carboxylic acids is 1. The van der Waals surface area contributed by atoms with E-state index in [2.05, 4.69) is 89.1 Å². The topological polar surface area (TPSA) is 53.4 Å². The molecule has 0 radical (unpaired) electrons. The van der Waals surface area contributed by atoms with Gasteiger partial charge in [-0.05, 0) is 41.5 Å². The van der Waals surface area contributed by atoms with Gasteiger partial charge in [-0.2, -0.15) is 0 Å². The third-order valence-electron chi connectivity index (χ3n) is 8.88. The number of carbonyl (C=O) groups is 1. The number of thiophene rings is 1. The number of nitrogens with one attached hydrogen (secondary N) is 1. The van der Waals surface area contributed by atoms with Crippen LogP contribution in [0.3, 0.4) is 0 Å². The van der Waals surface area contributed by atoms with Gasteiger partial charge < -0.3 is 9.64 Å². The molecule has 1 saturated heterocycles. The SMILES string of the molecule is COc1ccccc1C(Cc1cccs1)C(=N)N1C[C@@H]2C(=O)CCC(c3ccccc3)(c3ccccc3)[C@@H]2C1. The molecule has 4 aromatic rings. The summed E-state index contributed by atoms with van der Waals surface area (Å²) in [5.74, 6) is 1.57. The molecule has 3 atom stereocenters. The van der Waals surface area contributed by atoms with Gasteiger partial charge in [0.2, 0.25) is 0 Å². The summed E-state index contributed by atoms with van der Waals surface area (Å²) in [5, 5.41) is 11.7. The second kappa shape index (κ2) is 10.8. The van der Waals surface area contributed by atoms with Gasteiger partial charge >= 0.3 is 0 Å². The predicted molar refractivity (Wildman–Crippen MR) is 158 cm³/mol. The summed E-state index contributed by atoms with van der Waals surface area (Å²) >= 11 is 1.72. The fourth-order valence-corrected chi connectivity index (χ4v) is 7.78. The van der Waals surface area contributed by atoms with Crippen LogP contribution in [0.5, 0.6) is 5.75 Å². The van der Waals surface area contributed by atoms with Crippen molar-refractivity contribution in [3.8, 4) is 5.75 Å². The molecule has 6 rings (SSSR count). The van der Waals surface area contributed by atoms with E-state index in [1.807, 2.05) is 18.2 Å². The number of fused-ring (bicyclic) bond motifs is 1. The highest BCUT2D eigenvalue weighted by molar-refractivity contribution is 7.09. The van der Waals surface area contributed by atoms with Gasteiger partial charge in [-0.25, -0.2) is 0 Å². The molecule has 0 spiro atoms. The minimum absolute atomic E-state index is 0.0976. The Balaban J connectivity index is 1.40. The van der Waals surface area contributed by atoms with Crippen LogP contribution in [0.1, 0.15) is 40.3 Å². The Morgan fingerprint density at radius 1 is 0.949 bits per heavy atom. The largest absolute Gasteiger partial charge is 0.496 e. The first kappa shape index (κ1) is 25.6. The van der Waals surface area contributed by atoms with Crippen LogP contribution in [0, 0.1) is 17.2 Å². The van der Waals surface area contributed by atoms with E-state index in [4.69, 9.17) is 4.74 Å². The molecular weight excluding hydrogens is 500 g/mol. The number of rotatable bonds is 7. The maximum atomic E-state index is 13.5. The molecule has 0 amide bonds. The van der Waals surface area contributed by atoms with Crippen molar-refractivity contribution in [1.82, 2.24) is 4.90 Å². The number of hydrogen-bond acceptors (Lipinski definition) is 4. The number of methoxy groups -OCH3 is 1. The van der Waals surface area contributed by atoms with Gasteiger partial charge in [0.25, 0.3) is 0 Å². The van der Waals surface area contributed by atoms with Crippen LogP contribution in [-0.2, 0) is 16.6 Å². The normalized spacial score (nSPS) is 20.8. The molecule has 198 valence electrons. The Morgan fingerprint density at radius 2 is 1.62 bits per heavy atom. The maximum absolute atomic E-state index is 13.5. The summed E-state index contributed by atoms with van der Waals surface area (Å²) in [4.78, 5) is 16.9. The Bertz CT molecular complexity index is 1400. The number of ether oxygens (including phenoxy) is 1. The number of Topliss-reactive ketones (excluding diaryl/α,β-unsaturated/α-hetero) is 1. The molecule has 3 aromatic carbocycles. The zero-order valence-corrected chi connectivity index (χ0v) is 23.1. The molecule has 1 aliphatic heterocycles. The zero-order valence-electron chi connectivity index (χ0n) is 22.3. The van der Waals surface area contributed by atoms with E-state index in [9.17, 15) is 10.2 Å². The summed E-state index contributed by atoms with van der Waals surface area (Å²) in [5.41, 5.74) is 3.31. The van der Waals surface area contributed by atoms with E-state index in [-0.39, 0.29) is 23.2 Å². The monoisotopic (exact) mass is 534 g/mol. The highest BCUT2D eigenvalue weighted by Crippen LogP contribution is 2.53. The van der Waals surface area contributed by atoms with Crippen LogP contribution in [0.25, 0.3) is 0 Å². The van der Waals surface area contributed by atoms with E-state index in [1.54, 1.807) is 18.4 Å². The van der Waals surface area contributed by atoms with Crippen molar-refractivity contribution in [1.29, 1.82) is 5.41 Å². The summed E-state index contributed by atoms with van der Waals surface area (Å²) in [6, 6.07) is 33.7. The predicted octanol–water partition coefficient (Wildman–Crippen LogP) is 6.96. The number of para-hydroxylation sites is 1. The maximum Gasteiger partial charge on any atom is 0.138 e. The number of hydrogen-bond donors (Lipinski definition) is 1. The summed E-state index contributed by atoms with van der Waals surface area (Å²) in [6.45, 7) is 1.29. The minimum atomic E-state index is -0.260. The molecule has 4 nitrogen and oxygen atoms in total. The quantitative estimate of drug-likeness (QED) is 0.206. The van der Waals surface area contributed by atoms with E-state index in [0.29, 0.717) is 31.1 Å². The Hall–Kier alpha value is -3.70. The van der Waals surface area contributed by atoms with Crippen LogP contribution >= 0.6 is 11.3 Å². The molecule has 1 aliphatic carbocycles. The second-order valence-corrected chi connectivity index (χ2v) is 11.8. The number of benzene rings is 3. The average molecular weight is 535 g/mol. The van der Waals surface area contributed by atoms with E-state index in [0.717, 1.165) is 24.2 Å². The number of amidine groups is 1. The lowest BCUT2D eigenvalue weighted by molar-refractivity contribution is -0.126. The van der Waals surface area contributed by atoms with Crippen molar-refractivity contribution in [2.45, 2.75) is 30.6 Å². The van der Waals surface area contributed by atoms with Gasteiger partial charge in [0.05, 0.1) is 7.11 Å². The Kier molecular flexibility index (Phi) is 7.09. The van der Waals surface area contributed by atoms with E-state index in [1.165, 1.54) is 16.0 Å². The molecule has 5 heteroatoms. The highest BCUT2D eigenvalue weighted by Gasteiger charge is 2.55. The van der Waals surface area contributed by atoms with Crippen molar-refractivity contribution >= 4 is 23.0 Å². The molecular formula is C34H34N2O2S. The lowest BCUT2D eigenvalue weighted by Crippen LogP contribution is -2.47. The molecule has 2 heterocycles. The van der Waals surface area contributed by atoms with Crippen molar-refractivity contribution in [3.05, 3.63) is 124 Å². The first-order chi connectivity index (χ1) is 19.1. The van der Waals surface area contributed by atoms with Crippen LogP contribution < -0.4 is 4.74 Å². The molecule has 2 fully saturated rings. The van der Waals surface area contributed by atoms with Gasteiger partial charge in [-0.15, -0.1) is 11.3 Å². The van der Waals surface area contributed by atoms with Gasteiger partial charge in [-0.1, -0.05) is 84.9 Å². The smallest absolute Gasteiger partial charge is 0.138 e. The van der Waals surface area contributed by atoms with E-state index < -0.39 is 0 Å². The third kappa shape index (κ3) is 4.59. The standard InChI is InChI=1S/C34H34N2O2S/c1-38-32-17-9-8-16-27(32)28(21-26-15-10-20-39-26)33(35)36-22-29-30(23-36)34(19-18-31(29)37,24-11-4-2-5-12-24)25-13-6-3-7-14-25/h2-17,20,28-30,35H,18-19,21-23H2,1H3/t28?,29-,30+/m0/s1. The molecule has 39 heavy (non-hydrogen) atoms. The molecule has 1 unspecified atom stereocenters. The van der Waals surface area contributed by atoms with Gasteiger partial charge in [0.15, 0.2) is 0 Å². The van der Waals surface area contributed by atoms with Gasteiger partial charge in [0.1, 0.15) is 17.4 Å². The lowest BCUT2D eigenvalue weighted by atomic mass is 9.56. The highest BCUT2D eigenvalue weighted by atomic mass is 32.1. The molecule has 2 aliphatic rings. The summed E-state index contributed by atoms with van der Waals surface area (Å²) in [6.07, 6.45) is 2.10. The summed E-state index contributed by atoms with van der Waals surface area (Å²) < 4.78 is 5.75. The average Bonchev–Trinajstić information content (AvgIpc) is 3.68. The van der Waals surface area contributed by atoms with Crippen LogP contribution in [0.2, 0.25) is 0 Å². The number of nitrogens with zero attached hydrogens (tertiary/aromatic N) is 1. The second-order valence-electron chi connectivity index (χ2n) is 10.8. The fraction of sp³-hybridized carbons (Fsp3) is 0.294. The molecule has 1 aromatic heterocycles. The third-order valence-corrected chi connectivity index (χ3v) is 9.78. The van der Waals surface area contributed by atoms with Crippen molar-refractivity contribution in [3.63, 3.8) is 0 Å². The number of ketones is 1. The minimum Gasteiger partial charge on any atom is -0.496 e. The van der Waals surface area contributed by atoms with Crippen molar-refractivity contribution < 1.29 is 9.53 Å². The first-order valence-electron chi connectivity index (χ1n) is 13.7. The molecule has 1 N–H and O–H groups in total. The van der Waals surface area contributed by atoms with Crippen LogP contribution in [0.4, 0.5) is 0 Å². The van der Waals surface area contributed by atoms with Crippen molar-refractivity contribution in [2.24, 2.45) is 11.8 Å². The van der Waals surface area contributed by atoms with E-state index >= 15 is 0 Å². The van der Waals surface area contributed by atoms with Crippen molar-refractivity contribution in [2.75, 3.05) is 20.2 Å².